The van der Waals surface area contributed by atoms with Gasteiger partial charge < -0.3 is 5.32 Å². The molecule has 4 rings (SSSR count). The number of carbonyl (C=O) groups excluding carboxylic acids is 1. The summed E-state index contributed by atoms with van der Waals surface area (Å²) >= 11 is 1.34. The number of benzene rings is 2. The Labute approximate surface area is 166 Å². The van der Waals surface area contributed by atoms with Gasteiger partial charge in [-0.2, -0.15) is 4.31 Å². The third kappa shape index (κ3) is 3.30. The third-order valence-electron chi connectivity index (χ3n) is 4.78. The quantitative estimate of drug-likeness (QED) is 0.702. The number of sulfonamides is 1. The lowest BCUT2D eigenvalue weighted by atomic mass is 10.2. The zero-order valence-corrected chi connectivity index (χ0v) is 16.7. The van der Waals surface area contributed by atoms with Gasteiger partial charge in [0.25, 0.3) is 0 Å². The number of rotatable bonds is 4. The molecule has 2 heterocycles. The zero-order valence-electron chi connectivity index (χ0n) is 15.1. The summed E-state index contributed by atoms with van der Waals surface area (Å²) in [6, 6.07) is 10.1. The Morgan fingerprint density at radius 3 is 2.79 bits per heavy atom. The standard InChI is InChI=1S/C19H18FN3O3S2/c1-12-6-4-9-15-17(12)21-19(27-15)22-18(24)14-8-5-11-23(14)28(25,26)16-10-3-2-7-13(16)20/h2-4,6-7,9-10,14H,5,8,11H2,1H3,(H,21,22,24). The molecule has 1 atom stereocenters. The van der Waals surface area contributed by atoms with Crippen LogP contribution < -0.4 is 5.32 Å². The van der Waals surface area contributed by atoms with Crippen LogP contribution in [0, 0.1) is 12.7 Å². The maximum absolute atomic E-state index is 14.1. The Morgan fingerprint density at radius 2 is 2.04 bits per heavy atom. The van der Waals surface area contributed by atoms with Gasteiger partial charge >= 0.3 is 0 Å². The van der Waals surface area contributed by atoms with E-state index in [2.05, 4.69) is 10.3 Å². The zero-order chi connectivity index (χ0) is 19.9. The first-order valence-corrected chi connectivity index (χ1v) is 11.1. The van der Waals surface area contributed by atoms with Gasteiger partial charge in [-0.3, -0.25) is 4.79 Å². The molecule has 1 unspecified atom stereocenters. The predicted molar refractivity (Wildman–Crippen MR) is 106 cm³/mol. The van der Waals surface area contributed by atoms with E-state index in [1.54, 1.807) is 0 Å². The molecular weight excluding hydrogens is 401 g/mol. The molecule has 1 aliphatic rings. The van der Waals surface area contributed by atoms with Crippen LogP contribution in [0.1, 0.15) is 18.4 Å². The van der Waals surface area contributed by atoms with Crippen LogP contribution in [-0.4, -0.2) is 36.2 Å². The summed E-state index contributed by atoms with van der Waals surface area (Å²) in [6.07, 6.45) is 0.911. The number of halogens is 1. The summed E-state index contributed by atoms with van der Waals surface area (Å²) in [6.45, 7) is 2.11. The van der Waals surface area contributed by atoms with Crippen LogP contribution in [0.3, 0.4) is 0 Å². The van der Waals surface area contributed by atoms with E-state index >= 15 is 0 Å². The van der Waals surface area contributed by atoms with E-state index in [0.717, 1.165) is 26.2 Å². The highest BCUT2D eigenvalue weighted by atomic mass is 32.2. The van der Waals surface area contributed by atoms with E-state index in [9.17, 15) is 17.6 Å². The number of hydrogen-bond donors (Lipinski definition) is 1. The van der Waals surface area contributed by atoms with Crippen molar-refractivity contribution in [3.63, 3.8) is 0 Å². The van der Waals surface area contributed by atoms with Crippen LogP contribution in [0.5, 0.6) is 0 Å². The van der Waals surface area contributed by atoms with Gasteiger partial charge in [0.15, 0.2) is 5.13 Å². The number of aromatic nitrogens is 1. The van der Waals surface area contributed by atoms with Crippen molar-refractivity contribution >= 4 is 42.6 Å². The Hall–Kier alpha value is -2.36. The molecule has 0 aliphatic carbocycles. The SMILES string of the molecule is Cc1cccc2sc(NC(=O)C3CCCN3S(=O)(=O)c3ccccc3F)nc12. The summed E-state index contributed by atoms with van der Waals surface area (Å²) in [5.74, 6) is -1.27. The second kappa shape index (κ2) is 7.23. The number of thiazole rings is 1. The minimum atomic E-state index is -4.11. The molecule has 0 bridgehead atoms. The van der Waals surface area contributed by atoms with Gasteiger partial charge in [-0.1, -0.05) is 35.6 Å². The predicted octanol–water partition coefficient (Wildman–Crippen LogP) is 3.54. The van der Waals surface area contributed by atoms with Crippen LogP contribution in [0.25, 0.3) is 10.2 Å². The fourth-order valence-electron chi connectivity index (χ4n) is 3.40. The summed E-state index contributed by atoms with van der Waals surface area (Å²) in [5, 5.41) is 3.16. The molecule has 146 valence electrons. The van der Waals surface area contributed by atoms with Crippen molar-refractivity contribution in [2.75, 3.05) is 11.9 Å². The van der Waals surface area contributed by atoms with Gasteiger partial charge in [0.1, 0.15) is 16.8 Å². The average Bonchev–Trinajstić information content (AvgIpc) is 3.29. The molecule has 0 saturated carbocycles. The lowest BCUT2D eigenvalue weighted by Gasteiger charge is -2.23. The molecule has 9 heteroatoms. The highest BCUT2D eigenvalue weighted by Gasteiger charge is 2.40. The molecule has 1 aliphatic heterocycles. The summed E-state index contributed by atoms with van der Waals surface area (Å²) in [5.41, 5.74) is 1.81. The largest absolute Gasteiger partial charge is 0.301 e. The van der Waals surface area contributed by atoms with Crippen molar-refractivity contribution < 1.29 is 17.6 Å². The highest BCUT2D eigenvalue weighted by molar-refractivity contribution is 7.89. The number of para-hydroxylation sites is 1. The van der Waals surface area contributed by atoms with Crippen LogP contribution in [0.2, 0.25) is 0 Å². The third-order valence-corrected chi connectivity index (χ3v) is 7.66. The minimum absolute atomic E-state index is 0.174. The first kappa shape index (κ1) is 19.0. The Kier molecular flexibility index (Phi) is 4.90. The monoisotopic (exact) mass is 419 g/mol. The normalized spacial score (nSPS) is 17.9. The number of anilines is 1. The fourth-order valence-corrected chi connectivity index (χ4v) is 6.07. The van der Waals surface area contributed by atoms with Crippen LogP contribution in [-0.2, 0) is 14.8 Å². The smallest absolute Gasteiger partial charge is 0.246 e. The van der Waals surface area contributed by atoms with Crippen LogP contribution in [0.15, 0.2) is 47.4 Å². The number of fused-ring (bicyclic) bond motifs is 1. The highest BCUT2D eigenvalue weighted by Crippen LogP contribution is 2.31. The second-order valence-electron chi connectivity index (χ2n) is 6.63. The summed E-state index contributed by atoms with van der Waals surface area (Å²) in [4.78, 5) is 16.8. The van der Waals surface area contributed by atoms with E-state index in [-0.39, 0.29) is 6.54 Å². The Balaban J connectivity index is 1.60. The maximum atomic E-state index is 14.1. The molecule has 6 nitrogen and oxygen atoms in total. The Morgan fingerprint density at radius 1 is 1.25 bits per heavy atom. The average molecular weight is 420 g/mol. The van der Waals surface area contributed by atoms with Gasteiger partial charge in [0, 0.05) is 6.54 Å². The molecule has 0 radical (unpaired) electrons. The molecule has 28 heavy (non-hydrogen) atoms. The lowest BCUT2D eigenvalue weighted by molar-refractivity contribution is -0.119. The molecule has 1 fully saturated rings. The lowest BCUT2D eigenvalue weighted by Crippen LogP contribution is -2.43. The topological polar surface area (TPSA) is 79.4 Å². The molecule has 0 spiro atoms. The fraction of sp³-hybridized carbons (Fsp3) is 0.263. The van der Waals surface area contributed by atoms with Crippen LogP contribution >= 0.6 is 11.3 Å². The van der Waals surface area contributed by atoms with Gasteiger partial charge in [0.05, 0.1) is 10.2 Å². The molecule has 1 amide bonds. The van der Waals surface area contributed by atoms with E-state index in [1.165, 1.54) is 29.5 Å². The number of aryl methyl sites for hydroxylation is 1. The Bertz CT molecular complexity index is 1160. The number of amides is 1. The van der Waals surface area contributed by atoms with E-state index in [0.29, 0.717) is 18.0 Å². The molecule has 1 aromatic heterocycles. The number of hydrogen-bond acceptors (Lipinski definition) is 5. The first-order valence-electron chi connectivity index (χ1n) is 8.81. The first-order chi connectivity index (χ1) is 13.4. The maximum Gasteiger partial charge on any atom is 0.246 e. The molecule has 2 aromatic carbocycles. The number of carbonyl (C=O) groups is 1. The second-order valence-corrected chi connectivity index (χ2v) is 9.52. The van der Waals surface area contributed by atoms with Crippen molar-refractivity contribution in [3.05, 3.63) is 53.8 Å². The molecular formula is C19H18FN3O3S2. The van der Waals surface area contributed by atoms with Crippen molar-refractivity contribution in [3.8, 4) is 0 Å². The molecule has 1 saturated heterocycles. The van der Waals surface area contributed by atoms with Gasteiger partial charge in [-0.25, -0.2) is 17.8 Å². The number of nitrogens with one attached hydrogen (secondary N) is 1. The van der Waals surface area contributed by atoms with E-state index in [4.69, 9.17) is 0 Å². The van der Waals surface area contributed by atoms with Crippen molar-refractivity contribution in [2.45, 2.75) is 30.7 Å². The molecule has 1 N–H and O–H groups in total. The van der Waals surface area contributed by atoms with E-state index < -0.39 is 32.7 Å². The van der Waals surface area contributed by atoms with Gasteiger partial charge in [-0.15, -0.1) is 0 Å². The summed E-state index contributed by atoms with van der Waals surface area (Å²) in [7, 11) is -4.11. The van der Waals surface area contributed by atoms with Crippen molar-refractivity contribution in [1.29, 1.82) is 0 Å². The van der Waals surface area contributed by atoms with Crippen molar-refractivity contribution in [1.82, 2.24) is 9.29 Å². The van der Waals surface area contributed by atoms with Crippen molar-refractivity contribution in [2.24, 2.45) is 0 Å². The minimum Gasteiger partial charge on any atom is -0.301 e. The van der Waals surface area contributed by atoms with Gasteiger partial charge in [0.2, 0.25) is 15.9 Å². The summed E-state index contributed by atoms with van der Waals surface area (Å²) < 4.78 is 41.9. The van der Waals surface area contributed by atoms with E-state index in [1.807, 2.05) is 25.1 Å². The number of nitrogens with zero attached hydrogens (tertiary/aromatic N) is 2. The van der Waals surface area contributed by atoms with Gasteiger partial charge in [-0.05, 0) is 43.5 Å². The molecule has 3 aromatic rings. The van der Waals surface area contributed by atoms with Crippen LogP contribution in [0.4, 0.5) is 9.52 Å².